The van der Waals surface area contributed by atoms with Crippen molar-refractivity contribution in [3.05, 3.63) is 187 Å². The third-order valence-corrected chi connectivity index (χ3v) is 16.3. The van der Waals surface area contributed by atoms with Crippen molar-refractivity contribution < 1.29 is 25.6 Å². The minimum Gasteiger partial charge on any atom is 0 e. The van der Waals surface area contributed by atoms with Crippen molar-refractivity contribution in [3.63, 3.8) is 0 Å². The molecule has 0 N–H and O–H groups in total. The number of imidazole rings is 1. The molecule has 0 aliphatic carbocycles. The van der Waals surface area contributed by atoms with Gasteiger partial charge in [0.1, 0.15) is 4.83 Å². The molecule has 0 aliphatic rings. The van der Waals surface area contributed by atoms with E-state index in [0.29, 0.717) is 0 Å². The molecule has 62 heavy (non-hydrogen) atoms. The predicted molar refractivity (Wildman–Crippen MR) is 262 cm³/mol. The molecule has 0 fully saturated rings. The largest absolute Gasteiger partial charge is 0 e. The second-order valence-electron chi connectivity index (χ2n) is 16.6. The van der Waals surface area contributed by atoms with Gasteiger partial charge in [0, 0.05) is 36.9 Å². The molecule has 0 spiro atoms. The molecule has 0 saturated heterocycles. The molecular formula is C55H48GeIrN4S-2. The van der Waals surface area contributed by atoms with Gasteiger partial charge in [-0.3, -0.25) is 4.98 Å². The maximum atomic E-state index is 8.49. The van der Waals surface area contributed by atoms with Gasteiger partial charge in [-0.25, -0.2) is 4.98 Å². The number of hydrogen-bond donors (Lipinski definition) is 0. The first-order chi connectivity index (χ1) is 31.1. The van der Waals surface area contributed by atoms with E-state index >= 15 is 0 Å². The second kappa shape index (κ2) is 18.1. The van der Waals surface area contributed by atoms with Gasteiger partial charge in [0.15, 0.2) is 0 Å². The van der Waals surface area contributed by atoms with Crippen molar-refractivity contribution in [2.75, 3.05) is 0 Å². The van der Waals surface area contributed by atoms with E-state index in [4.69, 9.17) is 15.5 Å². The Bertz CT molecular complexity index is 3280. The number of thiophene rings is 1. The Morgan fingerprint density at radius 1 is 0.742 bits per heavy atom. The fraction of sp³-hybridized carbons (Fsp3) is 0.145. The van der Waals surface area contributed by atoms with E-state index in [2.05, 4.69) is 160 Å². The Hall–Kier alpha value is -5.50. The third-order valence-electron chi connectivity index (χ3n) is 11.0. The van der Waals surface area contributed by atoms with E-state index in [0.717, 1.165) is 82.4 Å². The average molecular weight is 1070 g/mol. The van der Waals surface area contributed by atoms with Gasteiger partial charge >= 0.3 is 131 Å². The molecule has 4 heterocycles. The van der Waals surface area contributed by atoms with Crippen molar-refractivity contribution in [2.45, 2.75) is 50.8 Å². The van der Waals surface area contributed by atoms with E-state index in [1.54, 1.807) is 23.5 Å². The van der Waals surface area contributed by atoms with Gasteiger partial charge in [0.2, 0.25) is 0 Å². The summed E-state index contributed by atoms with van der Waals surface area (Å²) in [7, 11) is 0. The molecule has 10 aromatic rings. The standard InChI is InChI=1S/C37H24N3S.C18H24GeN.Ir/c1-24-22-23-30-29-18-11-19-31(35(29)41-37(30)38-24)36-39-32-20-8-9-21-33(32)40(36)34-27(25-12-4-2-5-13-25)16-10-17-28(34)26-14-6-3-7-15-26;1-13(2)16-11-18(15-9-7-14(3)8-10-15)20-12-17(16)19(4,5)6;/h2-18,20-23H,1H3;7-9,11-13H,1-6H3;/q2*-1;/i;3D3,13D;. The number of pyridine rings is 2. The van der Waals surface area contributed by atoms with Crippen molar-refractivity contribution in [3.8, 4) is 50.6 Å². The summed E-state index contributed by atoms with van der Waals surface area (Å²) in [6, 6.07) is 58.1. The average Bonchev–Trinajstić information content (AvgIpc) is 3.87. The van der Waals surface area contributed by atoms with Crippen LogP contribution in [0, 0.1) is 25.9 Å². The summed E-state index contributed by atoms with van der Waals surface area (Å²) < 4.78 is 35.5. The minimum atomic E-state index is -2.14. The SMILES string of the molecule is Cc1ccc2c(n1)sc1c(-c3nc4ccccc4n3-c3c(-c4ccccc4)cccc3-c3ccccc3)[c-]ccc12.[2H]C([2H])([2H])c1c[c-]c(-c2cc(C([2H])(C)C)[c]([Ge]([CH3])([CH3])[CH3])cn2)cc1.[Ir]. The number of rotatable bonds is 7. The molecule has 6 aromatic carbocycles. The molecule has 0 saturated carbocycles. The summed E-state index contributed by atoms with van der Waals surface area (Å²) in [6.45, 7) is 3.71. The predicted octanol–water partition coefficient (Wildman–Crippen LogP) is 14.4. The van der Waals surface area contributed by atoms with Crippen LogP contribution >= 0.6 is 11.3 Å². The topological polar surface area (TPSA) is 43.6 Å². The normalized spacial score (nSPS) is 12.8. The maximum absolute atomic E-state index is 8.49. The summed E-state index contributed by atoms with van der Waals surface area (Å²) in [5.41, 5.74) is 12.5. The Kier molecular flexibility index (Phi) is 11.1. The van der Waals surface area contributed by atoms with E-state index in [1.807, 2.05) is 39.1 Å². The van der Waals surface area contributed by atoms with Gasteiger partial charge < -0.3 is 4.57 Å². The van der Waals surface area contributed by atoms with Crippen LogP contribution in [0.2, 0.25) is 17.3 Å². The van der Waals surface area contributed by atoms with Gasteiger partial charge in [0.05, 0.1) is 22.5 Å². The quantitative estimate of drug-likeness (QED) is 0.118. The molecule has 0 atom stereocenters. The zero-order valence-corrected chi connectivity index (χ0v) is 40.9. The molecule has 10 rings (SSSR count). The smallest absolute Gasteiger partial charge is 0 e. The van der Waals surface area contributed by atoms with Crippen LogP contribution in [-0.2, 0) is 20.1 Å². The van der Waals surface area contributed by atoms with Gasteiger partial charge in [-0.05, 0) is 46.3 Å². The maximum Gasteiger partial charge on any atom is 0 e. The first-order valence-corrected chi connectivity index (χ1v) is 28.7. The molecule has 1 radical (unpaired) electrons. The number of aryl methyl sites for hydroxylation is 2. The second-order valence-corrected chi connectivity index (χ2v) is 28.1. The first-order valence-electron chi connectivity index (χ1n) is 22.5. The minimum absolute atomic E-state index is 0. The Balaban J connectivity index is 0.000000204. The Labute approximate surface area is 391 Å². The van der Waals surface area contributed by atoms with Crippen LogP contribution in [0.25, 0.3) is 81.9 Å². The van der Waals surface area contributed by atoms with Crippen molar-refractivity contribution in [1.82, 2.24) is 19.5 Å². The number of hydrogen-bond acceptors (Lipinski definition) is 4. The third kappa shape index (κ3) is 8.50. The summed E-state index contributed by atoms with van der Waals surface area (Å²) in [5, 5.41) is 2.35. The fourth-order valence-electron chi connectivity index (χ4n) is 7.98. The van der Waals surface area contributed by atoms with Gasteiger partial charge in [-0.15, -0.1) is 18.2 Å². The van der Waals surface area contributed by atoms with Crippen molar-refractivity contribution in [1.29, 1.82) is 0 Å². The summed E-state index contributed by atoms with van der Waals surface area (Å²) in [6.07, 6.45) is 1.91. The first kappa shape index (κ1) is 38.2. The van der Waals surface area contributed by atoms with Crippen LogP contribution in [0.15, 0.2) is 158 Å². The molecule has 0 amide bonds. The number of nitrogens with zero attached hydrogens (tertiary/aromatic N) is 4. The molecule has 309 valence electrons. The molecule has 0 unspecified atom stereocenters. The van der Waals surface area contributed by atoms with Crippen LogP contribution in [0.4, 0.5) is 0 Å². The number of para-hydroxylation sites is 3. The number of fused-ring (bicyclic) bond motifs is 4. The van der Waals surface area contributed by atoms with Crippen LogP contribution in [0.5, 0.6) is 0 Å². The molecule has 0 bridgehead atoms. The monoisotopic (exact) mass is 1070 g/mol. The van der Waals surface area contributed by atoms with Crippen molar-refractivity contribution in [2.24, 2.45) is 0 Å². The van der Waals surface area contributed by atoms with Gasteiger partial charge in [-0.1, -0.05) is 108 Å². The van der Waals surface area contributed by atoms with Crippen LogP contribution in [-0.4, -0.2) is 32.8 Å². The van der Waals surface area contributed by atoms with Crippen LogP contribution in [0.1, 0.15) is 42.0 Å². The van der Waals surface area contributed by atoms with E-state index < -0.39 is 26.0 Å². The molecule has 4 nitrogen and oxygen atoms in total. The van der Waals surface area contributed by atoms with Crippen molar-refractivity contribution >= 4 is 60.3 Å². The zero-order valence-electron chi connectivity index (χ0n) is 39.5. The molecule has 7 heteroatoms. The van der Waals surface area contributed by atoms with E-state index in [9.17, 15) is 0 Å². The number of aromatic nitrogens is 4. The molecular weight excluding hydrogens is 1010 g/mol. The summed E-state index contributed by atoms with van der Waals surface area (Å²) in [5.74, 6) is 7.06. The van der Waals surface area contributed by atoms with E-state index in [-0.39, 0.29) is 25.7 Å². The van der Waals surface area contributed by atoms with Gasteiger partial charge in [-0.2, -0.15) is 11.3 Å². The zero-order chi connectivity index (χ0) is 45.7. The molecule has 4 aromatic heterocycles. The van der Waals surface area contributed by atoms with Gasteiger partial charge in [0.25, 0.3) is 0 Å². The van der Waals surface area contributed by atoms with Crippen LogP contribution in [0.3, 0.4) is 0 Å². The summed E-state index contributed by atoms with van der Waals surface area (Å²) >= 11 is -0.424. The van der Waals surface area contributed by atoms with E-state index in [1.165, 1.54) is 21.2 Å². The summed E-state index contributed by atoms with van der Waals surface area (Å²) in [4.78, 5) is 15.8. The Morgan fingerprint density at radius 3 is 2.08 bits per heavy atom. The molecule has 0 aliphatic heterocycles. The fourth-order valence-corrected chi connectivity index (χ4v) is 12.5. The number of benzene rings is 6. The van der Waals surface area contributed by atoms with Crippen LogP contribution < -0.4 is 4.40 Å². The Morgan fingerprint density at radius 2 is 1.44 bits per heavy atom.